The van der Waals surface area contributed by atoms with Crippen molar-refractivity contribution in [3.05, 3.63) is 54.6 Å². The fraction of sp³-hybridized carbons (Fsp3) is 0.214. The Kier molecular flexibility index (Phi) is 4.81. The lowest BCUT2D eigenvalue weighted by Gasteiger charge is -2.16. The van der Waals surface area contributed by atoms with E-state index >= 15 is 0 Å². The molecule has 2 aromatic rings. The van der Waals surface area contributed by atoms with Crippen LogP contribution in [-0.4, -0.2) is 17.9 Å². The van der Waals surface area contributed by atoms with E-state index < -0.39 is 0 Å². The van der Waals surface area contributed by atoms with Crippen LogP contribution in [0.3, 0.4) is 0 Å². The molecule has 1 amide bonds. The Hall–Kier alpha value is -0.650. The van der Waals surface area contributed by atoms with Crippen molar-refractivity contribution in [2.75, 3.05) is 7.05 Å². The zero-order valence-electron chi connectivity index (χ0n) is 10.6. The monoisotopic (exact) mass is 401 g/mol. The first kappa shape index (κ1) is 14.8. The van der Waals surface area contributed by atoms with Crippen LogP contribution < -0.4 is 0 Å². The predicted molar refractivity (Wildman–Crippen MR) is 86.7 cm³/mol. The molecule has 0 bridgehead atoms. The number of thiophene rings is 1. The molecule has 0 fully saturated rings. The maximum atomic E-state index is 12.3. The SMILES string of the molecule is Cc1cc(C(=O)N(C)Cc2cccc(Br)c2)sc1Br. The van der Waals surface area contributed by atoms with Gasteiger partial charge in [0.05, 0.1) is 8.66 Å². The molecule has 100 valence electrons. The van der Waals surface area contributed by atoms with E-state index in [2.05, 4.69) is 31.9 Å². The van der Waals surface area contributed by atoms with E-state index in [0.29, 0.717) is 6.54 Å². The van der Waals surface area contributed by atoms with Crippen LogP contribution in [-0.2, 0) is 6.54 Å². The quantitative estimate of drug-likeness (QED) is 0.718. The van der Waals surface area contributed by atoms with Crippen molar-refractivity contribution in [3.63, 3.8) is 0 Å². The van der Waals surface area contributed by atoms with Crippen molar-refractivity contribution >= 4 is 49.1 Å². The van der Waals surface area contributed by atoms with Crippen molar-refractivity contribution in [3.8, 4) is 0 Å². The third-order valence-electron chi connectivity index (χ3n) is 2.72. The maximum Gasteiger partial charge on any atom is 0.264 e. The molecule has 19 heavy (non-hydrogen) atoms. The fourth-order valence-electron chi connectivity index (χ4n) is 1.73. The highest BCUT2D eigenvalue weighted by Crippen LogP contribution is 2.28. The summed E-state index contributed by atoms with van der Waals surface area (Å²) in [5.41, 5.74) is 2.21. The van der Waals surface area contributed by atoms with Gasteiger partial charge in [-0.3, -0.25) is 4.79 Å². The lowest BCUT2D eigenvalue weighted by Crippen LogP contribution is -2.25. The summed E-state index contributed by atoms with van der Waals surface area (Å²) in [5, 5.41) is 0. The van der Waals surface area contributed by atoms with Crippen LogP contribution in [0, 0.1) is 6.92 Å². The summed E-state index contributed by atoms with van der Waals surface area (Å²) in [7, 11) is 1.83. The Labute approximate surface area is 133 Å². The van der Waals surface area contributed by atoms with Gasteiger partial charge in [0.1, 0.15) is 0 Å². The minimum Gasteiger partial charge on any atom is -0.337 e. The first-order valence-corrected chi connectivity index (χ1v) is 8.13. The molecule has 0 saturated heterocycles. The summed E-state index contributed by atoms with van der Waals surface area (Å²) >= 11 is 8.37. The highest BCUT2D eigenvalue weighted by Gasteiger charge is 2.15. The van der Waals surface area contributed by atoms with Crippen LogP contribution in [0.25, 0.3) is 0 Å². The average Bonchev–Trinajstić information content (AvgIpc) is 2.68. The number of benzene rings is 1. The molecule has 2 nitrogen and oxygen atoms in total. The first-order chi connectivity index (χ1) is 8.97. The van der Waals surface area contributed by atoms with E-state index in [1.807, 2.05) is 44.3 Å². The van der Waals surface area contributed by atoms with Gasteiger partial charge in [-0.2, -0.15) is 0 Å². The fourth-order valence-corrected chi connectivity index (χ4v) is 3.71. The minimum atomic E-state index is 0.0544. The van der Waals surface area contributed by atoms with Gasteiger partial charge in [-0.25, -0.2) is 0 Å². The number of rotatable bonds is 3. The predicted octanol–water partition coefficient (Wildman–Crippen LogP) is 4.85. The second kappa shape index (κ2) is 6.20. The number of aryl methyl sites for hydroxylation is 1. The normalized spacial score (nSPS) is 10.5. The smallest absolute Gasteiger partial charge is 0.264 e. The number of halogens is 2. The molecule has 0 spiro atoms. The number of carbonyl (C=O) groups is 1. The zero-order chi connectivity index (χ0) is 14.0. The Morgan fingerprint density at radius 3 is 2.63 bits per heavy atom. The number of hydrogen-bond acceptors (Lipinski definition) is 2. The Morgan fingerprint density at radius 1 is 1.32 bits per heavy atom. The number of nitrogens with zero attached hydrogens (tertiary/aromatic N) is 1. The Morgan fingerprint density at radius 2 is 2.05 bits per heavy atom. The standard InChI is InChI=1S/C14H13Br2NOS/c1-9-6-12(19-13(9)16)14(18)17(2)8-10-4-3-5-11(15)7-10/h3-7H,8H2,1-2H3. The van der Waals surface area contributed by atoms with Gasteiger partial charge in [-0.05, 0) is 52.2 Å². The Balaban J connectivity index is 2.11. The van der Waals surface area contributed by atoms with Gasteiger partial charge in [0.15, 0.2) is 0 Å². The van der Waals surface area contributed by atoms with Crippen LogP contribution >= 0.6 is 43.2 Å². The van der Waals surface area contributed by atoms with E-state index in [9.17, 15) is 4.79 Å². The lowest BCUT2D eigenvalue weighted by molar-refractivity contribution is 0.0790. The third kappa shape index (κ3) is 3.68. The molecule has 2 rings (SSSR count). The van der Waals surface area contributed by atoms with Crippen LogP contribution in [0.4, 0.5) is 0 Å². The van der Waals surface area contributed by atoms with Crippen molar-refractivity contribution in [2.45, 2.75) is 13.5 Å². The van der Waals surface area contributed by atoms with E-state index in [0.717, 1.165) is 24.3 Å². The molecule has 0 saturated carbocycles. The molecule has 0 aliphatic heterocycles. The molecule has 0 N–H and O–H groups in total. The molecule has 1 aromatic heterocycles. The largest absolute Gasteiger partial charge is 0.337 e. The Bertz CT molecular complexity index is 590. The van der Waals surface area contributed by atoms with Gasteiger partial charge in [0, 0.05) is 18.1 Å². The molecule has 0 atom stereocenters. The third-order valence-corrected chi connectivity index (χ3v) is 5.34. The lowest BCUT2D eigenvalue weighted by atomic mass is 10.2. The summed E-state index contributed by atoms with van der Waals surface area (Å²) in [6.45, 7) is 2.60. The average molecular weight is 403 g/mol. The molecule has 1 heterocycles. The number of hydrogen-bond donors (Lipinski definition) is 0. The second-order valence-electron chi connectivity index (χ2n) is 4.36. The van der Waals surface area contributed by atoms with Gasteiger partial charge in [-0.15, -0.1) is 11.3 Å². The van der Waals surface area contributed by atoms with Gasteiger partial charge >= 0.3 is 0 Å². The number of amides is 1. The number of carbonyl (C=O) groups excluding carboxylic acids is 1. The molecular formula is C14H13Br2NOS. The summed E-state index contributed by atoms with van der Waals surface area (Å²) < 4.78 is 2.05. The van der Waals surface area contributed by atoms with Crippen molar-refractivity contribution < 1.29 is 4.79 Å². The van der Waals surface area contributed by atoms with E-state index in [1.54, 1.807) is 4.90 Å². The van der Waals surface area contributed by atoms with Crippen LogP contribution in [0.15, 0.2) is 38.6 Å². The van der Waals surface area contributed by atoms with Crippen LogP contribution in [0.2, 0.25) is 0 Å². The zero-order valence-corrected chi connectivity index (χ0v) is 14.6. The topological polar surface area (TPSA) is 20.3 Å². The molecule has 0 aliphatic carbocycles. The second-order valence-corrected chi connectivity index (χ2v) is 7.64. The molecule has 0 radical (unpaired) electrons. The maximum absolute atomic E-state index is 12.3. The van der Waals surface area contributed by atoms with E-state index in [4.69, 9.17) is 0 Å². The summed E-state index contributed by atoms with van der Waals surface area (Å²) in [5.74, 6) is 0.0544. The van der Waals surface area contributed by atoms with E-state index in [1.165, 1.54) is 11.3 Å². The highest BCUT2D eigenvalue weighted by molar-refractivity contribution is 9.11. The molecule has 1 aromatic carbocycles. The van der Waals surface area contributed by atoms with E-state index in [-0.39, 0.29) is 5.91 Å². The van der Waals surface area contributed by atoms with Crippen molar-refractivity contribution in [2.24, 2.45) is 0 Å². The minimum absolute atomic E-state index is 0.0544. The van der Waals surface area contributed by atoms with Gasteiger partial charge < -0.3 is 4.90 Å². The molecule has 5 heteroatoms. The van der Waals surface area contributed by atoms with Crippen molar-refractivity contribution in [1.82, 2.24) is 4.90 Å². The highest BCUT2D eigenvalue weighted by atomic mass is 79.9. The summed E-state index contributed by atoms with van der Waals surface area (Å²) in [6, 6.07) is 9.92. The first-order valence-electron chi connectivity index (χ1n) is 5.73. The van der Waals surface area contributed by atoms with Gasteiger partial charge in [0.25, 0.3) is 5.91 Å². The molecule has 0 aliphatic rings. The van der Waals surface area contributed by atoms with Gasteiger partial charge in [0.2, 0.25) is 0 Å². The summed E-state index contributed by atoms with van der Waals surface area (Å²) in [4.78, 5) is 14.8. The van der Waals surface area contributed by atoms with Crippen molar-refractivity contribution in [1.29, 1.82) is 0 Å². The van der Waals surface area contributed by atoms with Gasteiger partial charge in [-0.1, -0.05) is 28.1 Å². The van der Waals surface area contributed by atoms with Crippen LogP contribution in [0.1, 0.15) is 20.8 Å². The van der Waals surface area contributed by atoms with Crippen LogP contribution in [0.5, 0.6) is 0 Å². The molecular weight excluding hydrogens is 390 g/mol. The molecule has 0 unspecified atom stereocenters. The summed E-state index contributed by atoms with van der Waals surface area (Å²) in [6.07, 6.45) is 0.